The van der Waals surface area contributed by atoms with Gasteiger partial charge in [-0.15, -0.1) is 0 Å². The van der Waals surface area contributed by atoms with Crippen LogP contribution in [0, 0.1) is 0 Å². The van der Waals surface area contributed by atoms with Crippen LogP contribution in [0.4, 0.5) is 0 Å². The van der Waals surface area contributed by atoms with Crippen LogP contribution in [-0.2, 0) is 19.8 Å². The number of methoxy groups -OCH3 is 2. The van der Waals surface area contributed by atoms with Crippen molar-refractivity contribution in [2.24, 2.45) is 0 Å². The molecule has 4 rings (SSSR count). The van der Waals surface area contributed by atoms with Gasteiger partial charge >= 0.3 is 6.01 Å². The summed E-state index contributed by atoms with van der Waals surface area (Å²) in [6, 6.07) is 21.8. The number of rotatable bonds is 12. The molecule has 0 atom stereocenters. The maximum atomic E-state index is 13.7. The number of carbonyl (C=O) groups excluding carboxylic acids is 1. The molecule has 1 N–H and O–H groups in total. The Kier molecular flexibility index (Phi) is 9.12. The summed E-state index contributed by atoms with van der Waals surface area (Å²) in [5, 5.41) is 9.58. The summed E-state index contributed by atoms with van der Waals surface area (Å²) in [6.07, 6.45) is 0. The van der Waals surface area contributed by atoms with Crippen molar-refractivity contribution in [3.8, 4) is 23.4 Å². The molecule has 0 bridgehead atoms. The molecule has 3 aromatic carbocycles. The molecule has 0 saturated heterocycles. The van der Waals surface area contributed by atoms with Crippen LogP contribution in [0.2, 0.25) is 0 Å². The van der Waals surface area contributed by atoms with Crippen molar-refractivity contribution >= 4 is 5.78 Å². The monoisotopic (exact) mass is 528 g/mol. The third-order valence-electron chi connectivity index (χ3n) is 6.12. The standard InChI is InChI=1S/C31H32N2O6/c1-20(2)27-28(29(35)24-7-5-6-23(16-24)17-34)32-31(39-19-22-10-14-26(37-4)15-11-22)33-30(27)38-18-21-8-12-25(36-3)13-9-21/h5-16,20,34H,17-19H2,1-4H3. The Morgan fingerprint density at radius 2 is 1.38 bits per heavy atom. The van der Waals surface area contributed by atoms with Crippen LogP contribution in [-0.4, -0.2) is 35.1 Å². The molecule has 0 aliphatic carbocycles. The van der Waals surface area contributed by atoms with E-state index in [1.807, 2.05) is 62.4 Å². The predicted octanol–water partition coefficient (Wildman–Crippen LogP) is 5.50. The minimum Gasteiger partial charge on any atom is -0.497 e. The number of aromatic nitrogens is 2. The van der Waals surface area contributed by atoms with E-state index in [2.05, 4.69) is 9.97 Å². The number of ketones is 1. The SMILES string of the molecule is COc1ccc(COc2nc(OCc3ccc(OC)cc3)c(C(C)C)c(C(=O)c3cccc(CO)c3)n2)cc1. The number of ether oxygens (including phenoxy) is 4. The van der Waals surface area contributed by atoms with Crippen molar-refractivity contribution in [3.05, 3.63) is 106 Å². The highest BCUT2D eigenvalue weighted by Crippen LogP contribution is 2.32. The molecule has 202 valence electrons. The molecule has 1 aromatic heterocycles. The first-order valence-electron chi connectivity index (χ1n) is 12.6. The molecule has 8 heteroatoms. The Morgan fingerprint density at radius 1 is 0.795 bits per heavy atom. The third-order valence-corrected chi connectivity index (χ3v) is 6.12. The highest BCUT2D eigenvalue weighted by molar-refractivity contribution is 6.09. The van der Waals surface area contributed by atoms with Crippen molar-refractivity contribution in [2.45, 2.75) is 39.6 Å². The Bertz CT molecular complexity index is 1400. The summed E-state index contributed by atoms with van der Waals surface area (Å²) in [5.74, 6) is 1.34. The lowest BCUT2D eigenvalue weighted by molar-refractivity contribution is 0.102. The van der Waals surface area contributed by atoms with E-state index in [9.17, 15) is 9.90 Å². The molecule has 39 heavy (non-hydrogen) atoms. The van der Waals surface area contributed by atoms with Gasteiger partial charge in [0.05, 0.1) is 20.8 Å². The molecule has 0 aliphatic rings. The Morgan fingerprint density at radius 3 is 1.92 bits per heavy atom. The van der Waals surface area contributed by atoms with E-state index in [1.165, 1.54) is 0 Å². The fourth-order valence-electron chi connectivity index (χ4n) is 3.99. The lowest BCUT2D eigenvalue weighted by Gasteiger charge is -2.18. The largest absolute Gasteiger partial charge is 0.497 e. The first-order valence-corrected chi connectivity index (χ1v) is 12.6. The highest BCUT2D eigenvalue weighted by atomic mass is 16.5. The van der Waals surface area contributed by atoms with E-state index in [0.29, 0.717) is 16.7 Å². The molecule has 8 nitrogen and oxygen atoms in total. The molecular formula is C31H32N2O6. The quantitative estimate of drug-likeness (QED) is 0.241. The van der Waals surface area contributed by atoms with Gasteiger partial charge in [-0.2, -0.15) is 9.97 Å². The van der Waals surface area contributed by atoms with E-state index < -0.39 is 0 Å². The van der Waals surface area contributed by atoms with Gasteiger partial charge in [-0.05, 0) is 52.9 Å². The molecule has 0 fully saturated rings. The van der Waals surface area contributed by atoms with Crippen molar-refractivity contribution in [1.82, 2.24) is 9.97 Å². The van der Waals surface area contributed by atoms with E-state index in [-0.39, 0.29) is 49.1 Å². The number of aliphatic hydroxyl groups excluding tert-OH is 1. The molecule has 0 saturated carbocycles. The number of benzene rings is 3. The number of hydrogen-bond donors (Lipinski definition) is 1. The molecule has 1 heterocycles. The summed E-state index contributed by atoms with van der Waals surface area (Å²) in [7, 11) is 3.22. The summed E-state index contributed by atoms with van der Waals surface area (Å²) in [5.41, 5.74) is 3.62. The lowest BCUT2D eigenvalue weighted by atomic mass is 9.96. The molecule has 0 spiro atoms. The van der Waals surface area contributed by atoms with E-state index in [1.54, 1.807) is 38.5 Å². The molecule has 0 radical (unpaired) electrons. The number of nitrogens with zero attached hydrogens (tertiary/aromatic N) is 2. The van der Waals surface area contributed by atoms with Gasteiger partial charge in [-0.25, -0.2) is 0 Å². The molecule has 4 aromatic rings. The average Bonchev–Trinajstić information content (AvgIpc) is 2.98. The van der Waals surface area contributed by atoms with Crippen LogP contribution < -0.4 is 18.9 Å². The van der Waals surface area contributed by atoms with Crippen LogP contribution in [0.3, 0.4) is 0 Å². The van der Waals surface area contributed by atoms with Crippen molar-refractivity contribution < 1.29 is 28.8 Å². The fraction of sp³-hybridized carbons (Fsp3) is 0.258. The Hall–Kier alpha value is -4.43. The smallest absolute Gasteiger partial charge is 0.320 e. The number of aliphatic hydroxyl groups is 1. The Labute approximate surface area is 228 Å². The predicted molar refractivity (Wildman–Crippen MR) is 147 cm³/mol. The zero-order valence-corrected chi connectivity index (χ0v) is 22.5. The summed E-state index contributed by atoms with van der Waals surface area (Å²) in [6.45, 7) is 4.16. The second-order valence-corrected chi connectivity index (χ2v) is 9.19. The average molecular weight is 529 g/mol. The zero-order valence-electron chi connectivity index (χ0n) is 22.5. The first-order chi connectivity index (χ1) is 18.9. The van der Waals surface area contributed by atoms with Crippen LogP contribution in [0.15, 0.2) is 72.8 Å². The van der Waals surface area contributed by atoms with Gasteiger partial charge in [0.25, 0.3) is 0 Å². The molecule has 0 amide bonds. The van der Waals surface area contributed by atoms with Gasteiger partial charge < -0.3 is 24.1 Å². The van der Waals surface area contributed by atoms with Crippen LogP contribution in [0.5, 0.6) is 23.4 Å². The number of carbonyl (C=O) groups is 1. The minimum absolute atomic E-state index is 0.0293. The van der Waals surface area contributed by atoms with Crippen LogP contribution in [0.25, 0.3) is 0 Å². The summed E-state index contributed by atoms with van der Waals surface area (Å²) >= 11 is 0. The maximum absolute atomic E-state index is 13.7. The van der Waals surface area contributed by atoms with E-state index in [4.69, 9.17) is 18.9 Å². The topological polar surface area (TPSA) is 100 Å². The number of hydrogen-bond acceptors (Lipinski definition) is 8. The second kappa shape index (κ2) is 12.9. The molecule has 0 aliphatic heterocycles. The maximum Gasteiger partial charge on any atom is 0.320 e. The zero-order chi connectivity index (χ0) is 27.8. The van der Waals surface area contributed by atoms with Gasteiger partial charge in [0.15, 0.2) is 0 Å². The second-order valence-electron chi connectivity index (χ2n) is 9.19. The minimum atomic E-state index is -0.306. The Balaban J connectivity index is 1.70. The van der Waals surface area contributed by atoms with Gasteiger partial charge in [0.1, 0.15) is 30.4 Å². The highest BCUT2D eigenvalue weighted by Gasteiger charge is 2.25. The van der Waals surface area contributed by atoms with E-state index >= 15 is 0 Å². The molecule has 0 unspecified atom stereocenters. The van der Waals surface area contributed by atoms with E-state index in [0.717, 1.165) is 22.6 Å². The van der Waals surface area contributed by atoms with Gasteiger partial charge in [0, 0.05) is 11.1 Å². The van der Waals surface area contributed by atoms with Crippen molar-refractivity contribution in [3.63, 3.8) is 0 Å². The van der Waals surface area contributed by atoms with Crippen molar-refractivity contribution in [2.75, 3.05) is 14.2 Å². The van der Waals surface area contributed by atoms with Gasteiger partial charge in [-0.1, -0.05) is 56.3 Å². The summed E-state index contributed by atoms with van der Waals surface area (Å²) < 4.78 is 22.6. The van der Waals surface area contributed by atoms with Crippen LogP contribution >= 0.6 is 0 Å². The summed E-state index contributed by atoms with van der Waals surface area (Å²) in [4.78, 5) is 22.8. The van der Waals surface area contributed by atoms with Crippen LogP contribution in [0.1, 0.15) is 58.1 Å². The van der Waals surface area contributed by atoms with Gasteiger partial charge in [-0.3, -0.25) is 4.79 Å². The van der Waals surface area contributed by atoms with Gasteiger partial charge in [0.2, 0.25) is 11.7 Å². The fourth-order valence-corrected chi connectivity index (χ4v) is 3.99. The first kappa shape index (κ1) is 27.6. The molecular weight excluding hydrogens is 496 g/mol. The lowest BCUT2D eigenvalue weighted by Crippen LogP contribution is -2.15. The van der Waals surface area contributed by atoms with Crippen molar-refractivity contribution in [1.29, 1.82) is 0 Å². The normalized spacial score (nSPS) is 10.8. The third kappa shape index (κ3) is 6.91.